The van der Waals surface area contributed by atoms with Crippen molar-refractivity contribution in [2.45, 2.75) is 38.5 Å². The highest BCUT2D eigenvalue weighted by Gasteiger charge is 2.38. The van der Waals surface area contributed by atoms with E-state index >= 15 is 0 Å². The first kappa shape index (κ1) is 35.2. The summed E-state index contributed by atoms with van der Waals surface area (Å²) in [5.41, 5.74) is 19.1. The number of benzene rings is 9. The van der Waals surface area contributed by atoms with Crippen LogP contribution in [-0.4, -0.2) is 0 Å². The van der Waals surface area contributed by atoms with Crippen LogP contribution in [0.25, 0.3) is 75.5 Å². The van der Waals surface area contributed by atoms with E-state index in [0.29, 0.717) is 0 Å². The summed E-state index contributed by atoms with van der Waals surface area (Å²) in [6, 6.07) is 70.4. The summed E-state index contributed by atoms with van der Waals surface area (Å²) in [6.07, 6.45) is 0. The highest BCUT2D eigenvalue weighted by molar-refractivity contribution is 7.26. The number of hydrogen-bond donors (Lipinski definition) is 0. The lowest BCUT2D eigenvalue weighted by Crippen LogP contribution is -2.18. The Labute approximate surface area is 355 Å². The zero-order valence-electron chi connectivity index (χ0n) is 34.3. The van der Waals surface area contributed by atoms with Crippen LogP contribution in [0.2, 0.25) is 0 Å². The topological polar surface area (TPSA) is 3.24 Å². The van der Waals surface area contributed by atoms with Crippen LogP contribution in [0, 0.1) is 0 Å². The minimum atomic E-state index is -0.113. The molecule has 0 N–H and O–H groups in total. The monoisotopic (exact) mass is 785 g/mol. The van der Waals surface area contributed by atoms with E-state index in [4.69, 9.17) is 0 Å². The van der Waals surface area contributed by atoms with E-state index in [-0.39, 0.29) is 10.8 Å². The molecular weight excluding hydrogens is 743 g/mol. The Bertz CT molecular complexity index is 3260. The molecule has 1 heterocycles. The molecule has 0 amide bonds. The summed E-state index contributed by atoms with van der Waals surface area (Å²) in [6.45, 7) is 9.49. The van der Waals surface area contributed by atoms with Gasteiger partial charge < -0.3 is 4.90 Å². The molecule has 0 spiro atoms. The molecule has 1 aromatic heterocycles. The molecule has 10 aromatic rings. The SMILES string of the molecule is CC1(C)c2ccccc2-c2ccc(N(c3ccc(-c4c(-c5ccccc5)c5ccccc5c5sc6ccccc6c45)cc3)c3ccc4c(c3)C(C)(C)c3ccccc3-4)cc21. The zero-order valence-corrected chi connectivity index (χ0v) is 35.1. The van der Waals surface area contributed by atoms with Gasteiger partial charge in [-0.2, -0.15) is 0 Å². The fraction of sp³-hybridized carbons (Fsp3) is 0.103. The molecule has 0 fully saturated rings. The number of rotatable bonds is 5. The van der Waals surface area contributed by atoms with Crippen LogP contribution in [0.4, 0.5) is 17.1 Å². The average molecular weight is 786 g/mol. The number of thiophene rings is 1. The van der Waals surface area contributed by atoms with Crippen molar-refractivity contribution in [2.24, 2.45) is 0 Å². The minimum Gasteiger partial charge on any atom is -0.310 e. The largest absolute Gasteiger partial charge is 0.310 e. The summed E-state index contributed by atoms with van der Waals surface area (Å²) < 4.78 is 2.66. The molecule has 9 aromatic carbocycles. The second-order valence-corrected chi connectivity index (χ2v) is 18.7. The summed E-state index contributed by atoms with van der Waals surface area (Å²) in [7, 11) is 0. The summed E-state index contributed by atoms with van der Waals surface area (Å²) >= 11 is 1.91. The van der Waals surface area contributed by atoms with Gasteiger partial charge in [-0.1, -0.05) is 173 Å². The predicted molar refractivity (Wildman–Crippen MR) is 258 cm³/mol. The van der Waals surface area contributed by atoms with Gasteiger partial charge in [-0.05, 0) is 115 Å². The third kappa shape index (κ3) is 4.98. The van der Waals surface area contributed by atoms with E-state index in [9.17, 15) is 0 Å². The lowest BCUT2D eigenvalue weighted by molar-refractivity contribution is 0.660. The fourth-order valence-corrected chi connectivity index (χ4v) is 12.0. The maximum Gasteiger partial charge on any atom is 0.0465 e. The van der Waals surface area contributed by atoms with Crippen molar-refractivity contribution in [3.05, 3.63) is 210 Å². The number of anilines is 3. The number of fused-ring (bicyclic) bond motifs is 11. The highest BCUT2D eigenvalue weighted by atomic mass is 32.1. The van der Waals surface area contributed by atoms with Gasteiger partial charge in [0.05, 0.1) is 0 Å². The Kier molecular flexibility index (Phi) is 7.56. The van der Waals surface area contributed by atoms with Crippen LogP contribution in [-0.2, 0) is 10.8 Å². The van der Waals surface area contributed by atoms with Crippen molar-refractivity contribution in [2.75, 3.05) is 4.90 Å². The van der Waals surface area contributed by atoms with Gasteiger partial charge in [0.25, 0.3) is 0 Å². The van der Waals surface area contributed by atoms with Crippen LogP contribution in [0.15, 0.2) is 188 Å². The summed E-state index contributed by atoms with van der Waals surface area (Å²) in [5, 5.41) is 5.23. The standard InChI is InChI=1S/C58H43NS/c1-57(2)48-23-13-10-18-41(48)43-32-30-39(34-50(43)57)59(40-31-33-44-42-19-11-14-24-49(42)58(3,4)51(44)35-40)38-28-26-37(27-29-38)54-53(36-16-6-5-7-17-36)45-20-8-9-21-46(45)56-55(54)47-22-12-15-25-52(47)60-56/h5-35H,1-4H3. The molecule has 0 unspecified atom stereocenters. The second kappa shape index (κ2) is 12.9. The van der Waals surface area contributed by atoms with Crippen LogP contribution in [0.1, 0.15) is 49.9 Å². The Morgan fingerprint density at radius 3 is 1.45 bits per heavy atom. The Morgan fingerprint density at radius 1 is 0.367 bits per heavy atom. The molecule has 2 aliphatic rings. The maximum atomic E-state index is 2.48. The van der Waals surface area contributed by atoms with Gasteiger partial charge in [-0.15, -0.1) is 11.3 Å². The number of hydrogen-bond acceptors (Lipinski definition) is 2. The molecule has 60 heavy (non-hydrogen) atoms. The average Bonchev–Trinajstić information content (AvgIpc) is 3.87. The zero-order chi connectivity index (χ0) is 40.3. The lowest BCUT2D eigenvalue weighted by atomic mass is 9.82. The highest BCUT2D eigenvalue weighted by Crippen LogP contribution is 2.54. The van der Waals surface area contributed by atoms with Crippen molar-refractivity contribution in [3.8, 4) is 44.5 Å². The van der Waals surface area contributed by atoms with Gasteiger partial charge in [0, 0.05) is 53.5 Å². The quantitative estimate of drug-likeness (QED) is 0.168. The molecule has 12 rings (SSSR count). The molecule has 286 valence electrons. The maximum absolute atomic E-state index is 2.48. The molecule has 0 saturated heterocycles. The molecule has 0 bridgehead atoms. The molecule has 0 aliphatic heterocycles. The smallest absolute Gasteiger partial charge is 0.0465 e. The van der Waals surface area contributed by atoms with E-state index in [1.165, 1.54) is 97.7 Å². The molecule has 2 aliphatic carbocycles. The van der Waals surface area contributed by atoms with Gasteiger partial charge in [-0.25, -0.2) is 0 Å². The molecule has 1 nitrogen and oxygen atoms in total. The Balaban J connectivity index is 1.08. The molecule has 0 saturated carbocycles. The lowest BCUT2D eigenvalue weighted by Gasteiger charge is -2.30. The molecule has 2 heteroatoms. The van der Waals surface area contributed by atoms with E-state index in [1.54, 1.807) is 0 Å². The van der Waals surface area contributed by atoms with Gasteiger partial charge in [0.15, 0.2) is 0 Å². The first-order valence-corrected chi connectivity index (χ1v) is 21.9. The van der Waals surface area contributed by atoms with Gasteiger partial charge in [-0.3, -0.25) is 0 Å². The molecule has 0 atom stereocenters. The van der Waals surface area contributed by atoms with Crippen LogP contribution in [0.3, 0.4) is 0 Å². The summed E-state index contributed by atoms with van der Waals surface area (Å²) in [5.74, 6) is 0. The normalized spacial score (nSPS) is 14.3. The number of nitrogens with zero attached hydrogens (tertiary/aromatic N) is 1. The molecular formula is C58H43NS. The van der Waals surface area contributed by atoms with Crippen LogP contribution in [0.5, 0.6) is 0 Å². The summed E-state index contributed by atoms with van der Waals surface area (Å²) in [4.78, 5) is 2.48. The minimum absolute atomic E-state index is 0.113. The van der Waals surface area contributed by atoms with Crippen molar-refractivity contribution < 1.29 is 0 Å². The molecule has 0 radical (unpaired) electrons. The first-order chi connectivity index (χ1) is 29.3. The van der Waals surface area contributed by atoms with E-state index in [1.807, 2.05) is 11.3 Å². The van der Waals surface area contributed by atoms with Crippen LogP contribution >= 0.6 is 11.3 Å². The van der Waals surface area contributed by atoms with Crippen molar-refractivity contribution in [1.29, 1.82) is 0 Å². The van der Waals surface area contributed by atoms with Gasteiger partial charge >= 0.3 is 0 Å². The van der Waals surface area contributed by atoms with E-state index in [0.717, 1.165) is 17.1 Å². The Hall–Kier alpha value is -6.74. The van der Waals surface area contributed by atoms with Crippen molar-refractivity contribution in [1.82, 2.24) is 0 Å². The van der Waals surface area contributed by atoms with Crippen molar-refractivity contribution in [3.63, 3.8) is 0 Å². The first-order valence-electron chi connectivity index (χ1n) is 21.1. The van der Waals surface area contributed by atoms with Crippen molar-refractivity contribution >= 4 is 59.3 Å². The van der Waals surface area contributed by atoms with E-state index in [2.05, 4.69) is 221 Å². The fourth-order valence-electron chi connectivity index (χ4n) is 10.7. The van der Waals surface area contributed by atoms with E-state index < -0.39 is 0 Å². The van der Waals surface area contributed by atoms with Gasteiger partial charge in [0.2, 0.25) is 0 Å². The Morgan fingerprint density at radius 2 is 0.833 bits per heavy atom. The second-order valence-electron chi connectivity index (χ2n) is 17.6. The van der Waals surface area contributed by atoms with Crippen LogP contribution < -0.4 is 4.90 Å². The third-order valence-electron chi connectivity index (χ3n) is 13.7. The third-order valence-corrected chi connectivity index (χ3v) is 14.9. The van der Waals surface area contributed by atoms with Gasteiger partial charge in [0.1, 0.15) is 0 Å². The predicted octanol–water partition coefficient (Wildman–Crippen LogP) is 16.6.